The molecule has 1 aromatic carbocycles. The van der Waals surface area contributed by atoms with Gasteiger partial charge in [0, 0.05) is 61.9 Å². The van der Waals surface area contributed by atoms with Crippen molar-refractivity contribution in [3.8, 4) is 5.75 Å². The molecule has 182 valence electrons. The molecule has 9 heteroatoms. The summed E-state index contributed by atoms with van der Waals surface area (Å²) >= 11 is 0. The highest BCUT2D eigenvalue weighted by Gasteiger charge is 2.53. The average molecular weight is 470 g/mol. The van der Waals surface area contributed by atoms with E-state index in [0.717, 1.165) is 16.9 Å². The number of nitrogens with one attached hydrogen (secondary N) is 2. The minimum atomic E-state index is -0.672. The zero-order valence-corrected chi connectivity index (χ0v) is 19.9. The number of nitrogens with zero attached hydrogens (tertiary/aromatic N) is 1. The van der Waals surface area contributed by atoms with Gasteiger partial charge in [0.05, 0.1) is 0 Å². The van der Waals surface area contributed by atoms with Gasteiger partial charge in [-0.15, -0.1) is 0 Å². The number of piperidine rings is 2. The largest absolute Gasteiger partial charge is 0.486 e. The summed E-state index contributed by atoms with van der Waals surface area (Å²) < 4.78 is 12.3. The number of hydrogen-bond acceptors (Lipinski definition) is 6. The maximum atomic E-state index is 12.9. The first kappa shape index (κ1) is 22.7. The van der Waals surface area contributed by atoms with Gasteiger partial charge in [-0.1, -0.05) is 6.07 Å². The Morgan fingerprint density at radius 3 is 2.59 bits per heavy atom. The molecule has 2 N–H and O–H groups in total. The summed E-state index contributed by atoms with van der Waals surface area (Å²) in [7, 11) is 0. The van der Waals surface area contributed by atoms with Crippen LogP contribution in [0.3, 0.4) is 0 Å². The van der Waals surface area contributed by atoms with Crippen molar-refractivity contribution in [1.82, 2.24) is 15.5 Å². The monoisotopic (exact) mass is 469 g/mol. The first-order valence-corrected chi connectivity index (χ1v) is 12.0. The van der Waals surface area contributed by atoms with E-state index >= 15 is 0 Å². The zero-order chi connectivity index (χ0) is 24.3. The summed E-state index contributed by atoms with van der Waals surface area (Å²) in [5, 5.41) is 5.37. The third kappa shape index (κ3) is 3.91. The van der Waals surface area contributed by atoms with Gasteiger partial charge >= 0.3 is 6.09 Å². The average Bonchev–Trinajstić information content (AvgIpc) is 3.14. The molecule has 2 atom stereocenters. The van der Waals surface area contributed by atoms with Crippen LogP contribution in [-0.4, -0.2) is 53.0 Å². The van der Waals surface area contributed by atoms with Crippen molar-refractivity contribution in [3.63, 3.8) is 0 Å². The molecule has 4 amide bonds. The lowest BCUT2D eigenvalue weighted by Gasteiger charge is -2.51. The third-order valence-corrected chi connectivity index (χ3v) is 7.46. The summed E-state index contributed by atoms with van der Waals surface area (Å²) in [5.74, 6) is -0.369. The van der Waals surface area contributed by atoms with E-state index in [9.17, 15) is 19.2 Å². The van der Waals surface area contributed by atoms with Gasteiger partial charge in [0.25, 0.3) is 5.91 Å². The van der Waals surface area contributed by atoms with Crippen LogP contribution in [0.2, 0.25) is 0 Å². The van der Waals surface area contributed by atoms with E-state index < -0.39 is 11.2 Å². The van der Waals surface area contributed by atoms with E-state index in [-0.39, 0.29) is 35.7 Å². The van der Waals surface area contributed by atoms with Gasteiger partial charge in [-0.05, 0) is 45.2 Å². The van der Waals surface area contributed by atoms with Crippen molar-refractivity contribution >= 4 is 23.8 Å². The van der Waals surface area contributed by atoms with Crippen molar-refractivity contribution in [1.29, 1.82) is 0 Å². The number of fused-ring (bicyclic) bond motifs is 3. The second-order valence-corrected chi connectivity index (χ2v) is 10.8. The molecule has 0 radical (unpaired) electrons. The topological polar surface area (TPSA) is 114 Å². The molecule has 0 aliphatic carbocycles. The number of carbonyl (C=O) groups is 4. The van der Waals surface area contributed by atoms with Crippen LogP contribution in [-0.2, 0) is 27.3 Å². The maximum absolute atomic E-state index is 12.9. The molecule has 1 aromatic rings. The van der Waals surface area contributed by atoms with Crippen LogP contribution in [0.15, 0.2) is 12.1 Å². The fourth-order valence-corrected chi connectivity index (χ4v) is 5.79. The molecule has 1 spiro atoms. The molecule has 4 heterocycles. The van der Waals surface area contributed by atoms with Gasteiger partial charge in [0.2, 0.25) is 11.8 Å². The Kier molecular flexibility index (Phi) is 5.33. The summed E-state index contributed by atoms with van der Waals surface area (Å²) in [5.41, 5.74) is 1.21. The molecule has 0 aromatic heterocycles. The predicted octanol–water partition coefficient (Wildman–Crippen LogP) is 2.30. The molecule has 2 unspecified atom stereocenters. The molecule has 9 nitrogen and oxygen atoms in total. The maximum Gasteiger partial charge on any atom is 0.410 e. The van der Waals surface area contributed by atoms with Crippen molar-refractivity contribution in [2.45, 2.75) is 70.6 Å². The van der Waals surface area contributed by atoms with Crippen LogP contribution in [0.1, 0.15) is 67.9 Å². The highest BCUT2D eigenvalue weighted by molar-refractivity contribution is 6.00. The van der Waals surface area contributed by atoms with Crippen LogP contribution >= 0.6 is 0 Å². The zero-order valence-electron chi connectivity index (χ0n) is 19.9. The lowest BCUT2D eigenvalue weighted by molar-refractivity contribution is -0.144. The lowest BCUT2D eigenvalue weighted by atomic mass is 9.66. The molecule has 4 aliphatic rings. The summed E-state index contributed by atoms with van der Waals surface area (Å²) in [6, 6.07) is 3.74. The molecule has 4 aliphatic heterocycles. The Morgan fingerprint density at radius 1 is 1.18 bits per heavy atom. The Hall–Kier alpha value is -3.10. The number of amides is 4. The minimum absolute atomic E-state index is 0.109. The van der Waals surface area contributed by atoms with Crippen molar-refractivity contribution in [2.75, 3.05) is 13.1 Å². The smallest absolute Gasteiger partial charge is 0.410 e. The molecular weight excluding hydrogens is 438 g/mol. The summed E-state index contributed by atoms with van der Waals surface area (Å²) in [4.78, 5) is 51.3. The van der Waals surface area contributed by atoms with Gasteiger partial charge in [0.1, 0.15) is 17.0 Å². The molecule has 34 heavy (non-hydrogen) atoms. The fourth-order valence-electron chi connectivity index (χ4n) is 5.79. The third-order valence-electron chi connectivity index (χ3n) is 7.46. The first-order valence-electron chi connectivity index (χ1n) is 12.0. The molecule has 2 fully saturated rings. The van der Waals surface area contributed by atoms with E-state index in [4.69, 9.17) is 9.47 Å². The minimum Gasteiger partial charge on any atom is -0.486 e. The fraction of sp³-hybridized carbons (Fsp3) is 0.600. The number of rotatable bonds is 1. The number of benzene rings is 1. The highest BCUT2D eigenvalue weighted by Crippen LogP contribution is 2.49. The van der Waals surface area contributed by atoms with Gasteiger partial charge in [-0.25, -0.2) is 4.79 Å². The van der Waals surface area contributed by atoms with Crippen molar-refractivity contribution in [3.05, 3.63) is 28.8 Å². The second kappa shape index (κ2) is 7.99. The van der Waals surface area contributed by atoms with E-state index in [1.807, 2.05) is 32.9 Å². The number of ether oxygens (including phenoxy) is 2. The van der Waals surface area contributed by atoms with Crippen LogP contribution in [0.25, 0.3) is 0 Å². The van der Waals surface area contributed by atoms with Crippen molar-refractivity contribution < 1.29 is 28.7 Å². The van der Waals surface area contributed by atoms with Gasteiger partial charge in [-0.3, -0.25) is 19.7 Å². The Morgan fingerprint density at radius 2 is 1.91 bits per heavy atom. The van der Waals surface area contributed by atoms with E-state index in [0.29, 0.717) is 57.3 Å². The number of hydrogen-bond donors (Lipinski definition) is 2. The van der Waals surface area contributed by atoms with E-state index in [2.05, 4.69) is 10.6 Å². The lowest BCUT2D eigenvalue weighted by Crippen LogP contribution is -2.60. The SMILES string of the molecule is CC(C)(C)OC(=O)N1CCC2(CC1)Oc1c(ccc3c1CNC3=O)CC2C1CCC(=O)NC1=O. The van der Waals surface area contributed by atoms with Crippen molar-refractivity contribution in [2.24, 2.45) is 11.8 Å². The van der Waals surface area contributed by atoms with E-state index in [1.54, 1.807) is 4.90 Å². The molecule has 0 saturated carbocycles. The molecule has 0 bridgehead atoms. The van der Waals surface area contributed by atoms with Gasteiger partial charge in [0.15, 0.2) is 0 Å². The Labute approximate surface area is 198 Å². The normalized spacial score (nSPS) is 25.7. The summed E-state index contributed by atoms with van der Waals surface area (Å²) in [6.45, 7) is 6.83. The number of likely N-dealkylation sites (tertiary alicyclic amines) is 1. The van der Waals surface area contributed by atoms with Gasteiger partial charge < -0.3 is 19.7 Å². The van der Waals surface area contributed by atoms with Crippen LogP contribution in [0.4, 0.5) is 4.79 Å². The van der Waals surface area contributed by atoms with Gasteiger partial charge in [-0.2, -0.15) is 0 Å². The van der Waals surface area contributed by atoms with Crippen LogP contribution in [0, 0.1) is 11.8 Å². The number of imide groups is 1. The molecule has 2 saturated heterocycles. The second-order valence-electron chi connectivity index (χ2n) is 10.8. The molecular formula is C25H31N3O6. The first-order chi connectivity index (χ1) is 16.1. The van der Waals surface area contributed by atoms with Crippen LogP contribution in [0.5, 0.6) is 5.75 Å². The molecule has 5 rings (SSSR count). The predicted molar refractivity (Wildman–Crippen MR) is 121 cm³/mol. The number of carbonyl (C=O) groups excluding carboxylic acids is 4. The van der Waals surface area contributed by atoms with E-state index in [1.165, 1.54) is 0 Å². The Balaban J connectivity index is 1.46. The van der Waals surface area contributed by atoms with Crippen LogP contribution < -0.4 is 15.4 Å². The highest BCUT2D eigenvalue weighted by atomic mass is 16.6. The summed E-state index contributed by atoms with van der Waals surface area (Å²) in [6.07, 6.45) is 2.14. The Bertz CT molecular complexity index is 1070. The quantitative estimate of drug-likeness (QED) is 0.610. The standard InChI is InChI=1S/C25H31N3O6/c1-24(2,3)34-23(32)28-10-8-25(9-11-28)18(16-6-7-19(29)27-22(16)31)12-14-4-5-15-17(20(14)33-25)13-26-21(15)30/h4-5,16,18H,6-13H2,1-3H3,(H,26,30)(H,27,29,31).